The molecule has 0 radical (unpaired) electrons. The van der Waals surface area contributed by atoms with Crippen molar-refractivity contribution in [2.24, 2.45) is 0 Å². The molecule has 1 heterocycles. The number of benzene rings is 3. The first-order valence-electron chi connectivity index (χ1n) is 12.5. The number of aryl methyl sites for hydroxylation is 1. The molecule has 4 rings (SSSR count). The summed E-state index contributed by atoms with van der Waals surface area (Å²) in [6.07, 6.45) is 0.281. The van der Waals surface area contributed by atoms with Gasteiger partial charge in [-0.25, -0.2) is 4.39 Å². The number of β-amino-alcohol motifs (C(OH)–C–C–N with tert-alkyl or cyclic N) is 1. The van der Waals surface area contributed by atoms with Gasteiger partial charge in [0.2, 0.25) is 0 Å². The smallest absolute Gasteiger partial charge is 0.123 e. The van der Waals surface area contributed by atoms with Crippen LogP contribution >= 0.6 is 0 Å². The van der Waals surface area contributed by atoms with Gasteiger partial charge in [0, 0.05) is 38.4 Å². The fraction of sp³-hybridized carbons (Fsp3) is 0.400. The molecule has 1 N–H and O–H groups in total. The predicted molar refractivity (Wildman–Crippen MR) is 141 cm³/mol. The highest BCUT2D eigenvalue weighted by atomic mass is 19.1. The average molecular weight is 477 g/mol. The van der Waals surface area contributed by atoms with Crippen LogP contribution in [0.3, 0.4) is 0 Å². The number of anilines is 1. The van der Waals surface area contributed by atoms with E-state index in [9.17, 15) is 9.50 Å². The lowest BCUT2D eigenvalue weighted by Gasteiger charge is -2.37. The Kier molecular flexibility index (Phi) is 8.09. The molecule has 0 saturated carbocycles. The van der Waals surface area contributed by atoms with Gasteiger partial charge in [0.1, 0.15) is 24.3 Å². The lowest BCUT2D eigenvalue weighted by Crippen LogP contribution is -2.49. The summed E-state index contributed by atoms with van der Waals surface area (Å²) in [5, 5.41) is 10.6. The number of halogens is 1. The molecule has 0 bridgehead atoms. The third-order valence-corrected chi connectivity index (χ3v) is 7.33. The number of ether oxygens (including phenoxy) is 1. The van der Waals surface area contributed by atoms with Gasteiger partial charge in [0.25, 0.3) is 0 Å². The van der Waals surface area contributed by atoms with Crippen molar-refractivity contribution in [3.8, 4) is 5.75 Å². The maximum Gasteiger partial charge on any atom is 0.123 e. The topological polar surface area (TPSA) is 35.9 Å². The molecular weight excluding hydrogens is 439 g/mol. The molecule has 4 nitrogen and oxygen atoms in total. The van der Waals surface area contributed by atoms with Crippen LogP contribution in [0.25, 0.3) is 0 Å². The zero-order valence-corrected chi connectivity index (χ0v) is 21.4. The molecule has 5 heteroatoms. The van der Waals surface area contributed by atoms with Crippen molar-refractivity contribution in [2.75, 3.05) is 44.2 Å². The summed E-state index contributed by atoms with van der Waals surface area (Å²) < 4.78 is 19.1. The Balaban J connectivity index is 1.23. The van der Waals surface area contributed by atoms with Crippen LogP contribution in [0.4, 0.5) is 10.1 Å². The monoisotopic (exact) mass is 476 g/mol. The maximum atomic E-state index is 13.1. The Labute approximate surface area is 209 Å². The van der Waals surface area contributed by atoms with Crippen molar-refractivity contribution < 1.29 is 14.2 Å². The third kappa shape index (κ3) is 6.41. The molecule has 35 heavy (non-hydrogen) atoms. The highest BCUT2D eigenvalue weighted by Crippen LogP contribution is 2.27. The molecular formula is C30H37FN2O2. The SMILES string of the molecule is Cc1cc(OCC(O)CN2CCN(c3ccc(Cc4ccc(F)cc4)cc3)CC2)c(C)c(C)c1C. The minimum Gasteiger partial charge on any atom is -0.491 e. The van der Waals surface area contributed by atoms with Gasteiger partial charge >= 0.3 is 0 Å². The summed E-state index contributed by atoms with van der Waals surface area (Å²) in [7, 11) is 0. The van der Waals surface area contributed by atoms with Gasteiger partial charge in [-0.05, 0) is 97.8 Å². The van der Waals surface area contributed by atoms with E-state index in [0.717, 1.165) is 49.5 Å². The van der Waals surface area contributed by atoms with Crippen LogP contribution in [-0.2, 0) is 6.42 Å². The molecule has 1 saturated heterocycles. The standard InChI is InChI=1S/C30H37FN2O2/c1-21-17-30(24(4)23(3)22(21)2)35-20-29(34)19-32-13-15-33(16-14-32)28-11-7-26(8-12-28)18-25-5-9-27(31)10-6-25/h5-12,17,29,34H,13-16,18-20H2,1-4H3. The second-order valence-corrected chi connectivity index (χ2v) is 9.79. The zero-order chi connectivity index (χ0) is 24.9. The van der Waals surface area contributed by atoms with Crippen molar-refractivity contribution >= 4 is 5.69 Å². The summed E-state index contributed by atoms with van der Waals surface area (Å²) in [4.78, 5) is 4.70. The molecule has 3 aromatic carbocycles. The molecule has 0 spiro atoms. The number of piperazine rings is 1. The summed E-state index contributed by atoms with van der Waals surface area (Å²) in [6, 6.07) is 17.4. The molecule has 1 aliphatic rings. The average Bonchev–Trinajstić information content (AvgIpc) is 2.86. The van der Waals surface area contributed by atoms with Crippen molar-refractivity contribution in [3.05, 3.63) is 93.8 Å². The van der Waals surface area contributed by atoms with Gasteiger partial charge in [-0.1, -0.05) is 24.3 Å². The number of aliphatic hydroxyl groups is 1. The quantitative estimate of drug-likeness (QED) is 0.484. The Morgan fingerprint density at radius 2 is 1.43 bits per heavy atom. The highest BCUT2D eigenvalue weighted by Gasteiger charge is 2.20. The summed E-state index contributed by atoms with van der Waals surface area (Å²) in [6.45, 7) is 13.1. The second kappa shape index (κ2) is 11.2. The number of hydrogen-bond donors (Lipinski definition) is 1. The fourth-order valence-corrected chi connectivity index (χ4v) is 4.71. The molecule has 1 aliphatic heterocycles. The van der Waals surface area contributed by atoms with Gasteiger partial charge in [-0.2, -0.15) is 0 Å². The van der Waals surface area contributed by atoms with Crippen molar-refractivity contribution in [2.45, 2.75) is 40.2 Å². The van der Waals surface area contributed by atoms with Crippen molar-refractivity contribution in [1.29, 1.82) is 0 Å². The van der Waals surface area contributed by atoms with E-state index in [1.807, 2.05) is 12.1 Å². The van der Waals surface area contributed by atoms with Crippen LogP contribution < -0.4 is 9.64 Å². The predicted octanol–water partition coefficient (Wildman–Crippen LogP) is 5.21. The van der Waals surface area contributed by atoms with E-state index >= 15 is 0 Å². The van der Waals surface area contributed by atoms with E-state index in [1.54, 1.807) is 0 Å². The van der Waals surface area contributed by atoms with E-state index in [0.29, 0.717) is 13.2 Å². The van der Waals surface area contributed by atoms with E-state index in [-0.39, 0.29) is 5.82 Å². The van der Waals surface area contributed by atoms with Gasteiger partial charge in [-0.15, -0.1) is 0 Å². The Bertz CT molecular complexity index is 1120. The van der Waals surface area contributed by atoms with Crippen LogP contribution in [0.2, 0.25) is 0 Å². The molecule has 1 unspecified atom stereocenters. The van der Waals surface area contributed by atoms with Crippen LogP contribution in [0, 0.1) is 33.5 Å². The van der Waals surface area contributed by atoms with Crippen molar-refractivity contribution in [3.63, 3.8) is 0 Å². The maximum absolute atomic E-state index is 13.1. The summed E-state index contributed by atoms with van der Waals surface area (Å²) in [5.41, 5.74) is 8.48. The van der Waals surface area contributed by atoms with E-state index in [1.165, 1.54) is 40.1 Å². The number of rotatable bonds is 8. The van der Waals surface area contributed by atoms with Crippen LogP contribution in [-0.4, -0.2) is 55.4 Å². The first-order chi connectivity index (χ1) is 16.8. The molecule has 1 atom stereocenters. The fourth-order valence-electron chi connectivity index (χ4n) is 4.71. The first kappa shape index (κ1) is 25.2. The molecule has 1 fully saturated rings. The Morgan fingerprint density at radius 1 is 0.829 bits per heavy atom. The minimum absolute atomic E-state index is 0.199. The second-order valence-electron chi connectivity index (χ2n) is 9.79. The van der Waals surface area contributed by atoms with Crippen LogP contribution in [0.1, 0.15) is 33.4 Å². The number of aliphatic hydroxyl groups excluding tert-OH is 1. The Hall–Kier alpha value is -2.89. The van der Waals surface area contributed by atoms with Crippen LogP contribution in [0.5, 0.6) is 5.75 Å². The summed E-state index contributed by atoms with van der Waals surface area (Å²) in [5.74, 6) is 0.673. The highest BCUT2D eigenvalue weighted by molar-refractivity contribution is 5.49. The Morgan fingerprint density at radius 3 is 2.06 bits per heavy atom. The summed E-state index contributed by atoms with van der Waals surface area (Å²) >= 11 is 0. The molecule has 0 aromatic heterocycles. The molecule has 0 amide bonds. The lowest BCUT2D eigenvalue weighted by molar-refractivity contribution is 0.0660. The van der Waals surface area contributed by atoms with Crippen molar-refractivity contribution in [1.82, 2.24) is 4.90 Å². The van der Waals surface area contributed by atoms with E-state index < -0.39 is 6.10 Å². The number of hydrogen-bond acceptors (Lipinski definition) is 4. The zero-order valence-electron chi connectivity index (χ0n) is 21.4. The molecule has 0 aliphatic carbocycles. The lowest BCUT2D eigenvalue weighted by atomic mass is 9.99. The number of nitrogens with zero attached hydrogens (tertiary/aromatic N) is 2. The normalized spacial score (nSPS) is 15.3. The van der Waals surface area contributed by atoms with Crippen LogP contribution in [0.15, 0.2) is 54.6 Å². The molecule has 3 aromatic rings. The van der Waals surface area contributed by atoms with Gasteiger partial charge in [-0.3, -0.25) is 4.90 Å². The van der Waals surface area contributed by atoms with Gasteiger partial charge in [0.15, 0.2) is 0 Å². The van der Waals surface area contributed by atoms with Gasteiger partial charge in [0.05, 0.1) is 0 Å². The first-order valence-corrected chi connectivity index (χ1v) is 12.5. The molecule has 186 valence electrons. The van der Waals surface area contributed by atoms with E-state index in [4.69, 9.17) is 4.74 Å². The van der Waals surface area contributed by atoms with Gasteiger partial charge < -0.3 is 14.7 Å². The minimum atomic E-state index is -0.520. The van der Waals surface area contributed by atoms with E-state index in [2.05, 4.69) is 67.8 Å². The largest absolute Gasteiger partial charge is 0.491 e. The third-order valence-electron chi connectivity index (χ3n) is 7.33.